The third-order valence-corrected chi connectivity index (χ3v) is 5.24. The molecule has 2 rings (SSSR count). The van der Waals surface area contributed by atoms with Crippen LogP contribution in [-0.4, -0.2) is 38.6 Å². The highest BCUT2D eigenvalue weighted by molar-refractivity contribution is 7.92. The van der Waals surface area contributed by atoms with Crippen LogP contribution in [0.4, 0.5) is 5.69 Å². The van der Waals surface area contributed by atoms with Crippen LogP contribution >= 0.6 is 0 Å². The van der Waals surface area contributed by atoms with Gasteiger partial charge in [-0.3, -0.25) is 9.10 Å². The number of nitrogens with zero attached hydrogens (tertiary/aromatic N) is 2. The van der Waals surface area contributed by atoms with E-state index in [0.717, 1.165) is 17.4 Å². The molecule has 0 saturated carbocycles. The van der Waals surface area contributed by atoms with Gasteiger partial charge in [-0.05, 0) is 31.5 Å². The molecule has 0 aliphatic carbocycles. The van der Waals surface area contributed by atoms with Crippen LogP contribution < -0.4 is 4.31 Å². The molecule has 1 amide bonds. The van der Waals surface area contributed by atoms with Gasteiger partial charge in [0, 0.05) is 13.6 Å². The molecule has 0 saturated heterocycles. The highest BCUT2D eigenvalue weighted by Crippen LogP contribution is 2.21. The first-order chi connectivity index (χ1) is 11.7. The minimum Gasteiger partial charge on any atom is -0.340 e. The van der Waals surface area contributed by atoms with E-state index in [-0.39, 0.29) is 5.91 Å². The Morgan fingerprint density at radius 2 is 1.60 bits per heavy atom. The number of anilines is 1. The van der Waals surface area contributed by atoms with Crippen LogP contribution in [0.15, 0.2) is 54.6 Å². The maximum atomic E-state index is 12.8. The van der Waals surface area contributed by atoms with Crippen molar-refractivity contribution >= 4 is 21.6 Å². The van der Waals surface area contributed by atoms with Crippen molar-refractivity contribution in [2.75, 3.05) is 17.6 Å². The summed E-state index contributed by atoms with van der Waals surface area (Å²) in [6.07, 6.45) is 1.11. The molecule has 2 aromatic rings. The van der Waals surface area contributed by atoms with E-state index in [9.17, 15) is 13.2 Å². The molecule has 25 heavy (non-hydrogen) atoms. The molecule has 0 aliphatic heterocycles. The predicted octanol–water partition coefficient (Wildman–Crippen LogP) is 2.81. The monoisotopic (exact) mass is 360 g/mol. The van der Waals surface area contributed by atoms with Gasteiger partial charge in [-0.25, -0.2) is 8.42 Å². The van der Waals surface area contributed by atoms with Crippen molar-refractivity contribution in [3.05, 3.63) is 65.7 Å². The first-order valence-corrected chi connectivity index (χ1v) is 9.90. The Morgan fingerprint density at radius 3 is 2.12 bits per heavy atom. The van der Waals surface area contributed by atoms with E-state index in [1.54, 1.807) is 49.2 Å². The lowest BCUT2D eigenvalue weighted by Gasteiger charge is -2.31. The van der Waals surface area contributed by atoms with Gasteiger partial charge in [0.15, 0.2) is 0 Å². The number of likely N-dealkylation sites (N-methyl/N-ethyl adjacent to an activating group) is 1. The zero-order valence-corrected chi connectivity index (χ0v) is 15.8. The molecule has 0 heterocycles. The van der Waals surface area contributed by atoms with Crippen molar-refractivity contribution in [1.82, 2.24) is 4.90 Å². The smallest absolute Gasteiger partial charge is 0.246 e. The minimum atomic E-state index is -3.59. The Bertz CT molecular complexity index is 818. The number of hydrogen-bond donors (Lipinski definition) is 0. The van der Waals surface area contributed by atoms with E-state index < -0.39 is 16.1 Å². The summed E-state index contributed by atoms with van der Waals surface area (Å²) in [7, 11) is -1.90. The summed E-state index contributed by atoms with van der Waals surface area (Å²) >= 11 is 0. The number of carbonyl (C=O) groups is 1. The van der Waals surface area contributed by atoms with E-state index in [0.29, 0.717) is 12.2 Å². The molecule has 134 valence electrons. The second-order valence-electron chi connectivity index (χ2n) is 6.25. The van der Waals surface area contributed by atoms with Gasteiger partial charge in [0.1, 0.15) is 6.04 Å². The Kier molecular flexibility index (Phi) is 5.85. The lowest BCUT2D eigenvalue weighted by atomic mass is 10.1. The number of para-hydroxylation sites is 1. The van der Waals surface area contributed by atoms with Gasteiger partial charge in [-0.15, -0.1) is 0 Å². The zero-order chi connectivity index (χ0) is 18.6. The van der Waals surface area contributed by atoms with E-state index in [4.69, 9.17) is 0 Å². The highest BCUT2D eigenvalue weighted by Gasteiger charge is 2.30. The fraction of sp³-hybridized carbons (Fsp3) is 0.316. The van der Waals surface area contributed by atoms with Crippen LogP contribution in [0.5, 0.6) is 0 Å². The van der Waals surface area contributed by atoms with Crippen LogP contribution in [0, 0.1) is 6.92 Å². The lowest BCUT2D eigenvalue weighted by molar-refractivity contribution is -0.131. The third kappa shape index (κ3) is 4.82. The largest absolute Gasteiger partial charge is 0.340 e. The Balaban J connectivity index is 2.21. The fourth-order valence-electron chi connectivity index (χ4n) is 2.74. The van der Waals surface area contributed by atoms with Gasteiger partial charge in [0.2, 0.25) is 15.9 Å². The molecule has 0 bridgehead atoms. The molecule has 0 N–H and O–H groups in total. The van der Waals surface area contributed by atoms with E-state index in [2.05, 4.69) is 0 Å². The standard InChI is InChI=1S/C19H24N2O3S/c1-15-10-12-17(13-11-15)14-20(3)19(22)16(2)21(25(4,23)24)18-8-6-5-7-9-18/h5-13,16H,14H2,1-4H3/t16-/m1/s1. The molecule has 0 fully saturated rings. The summed E-state index contributed by atoms with van der Waals surface area (Å²) in [5, 5.41) is 0. The summed E-state index contributed by atoms with van der Waals surface area (Å²) in [5.41, 5.74) is 2.63. The second kappa shape index (κ2) is 7.70. The number of carbonyl (C=O) groups excluding carboxylic acids is 1. The molecular formula is C19H24N2O3S. The number of hydrogen-bond acceptors (Lipinski definition) is 3. The first kappa shape index (κ1) is 19.0. The number of aryl methyl sites for hydroxylation is 1. The number of rotatable bonds is 6. The van der Waals surface area contributed by atoms with Crippen molar-refractivity contribution in [1.29, 1.82) is 0 Å². The summed E-state index contributed by atoms with van der Waals surface area (Å²) < 4.78 is 25.7. The Hall–Kier alpha value is -2.34. The van der Waals surface area contributed by atoms with Crippen molar-refractivity contribution < 1.29 is 13.2 Å². The van der Waals surface area contributed by atoms with Gasteiger partial charge in [0.25, 0.3) is 0 Å². The SMILES string of the molecule is Cc1ccc(CN(C)C(=O)[C@@H](C)N(c2ccccc2)S(C)(=O)=O)cc1. The summed E-state index contributed by atoms with van der Waals surface area (Å²) in [5.74, 6) is -0.255. The Morgan fingerprint density at radius 1 is 1.04 bits per heavy atom. The highest BCUT2D eigenvalue weighted by atomic mass is 32.2. The third-order valence-electron chi connectivity index (χ3n) is 3.99. The van der Waals surface area contributed by atoms with Gasteiger partial charge >= 0.3 is 0 Å². The van der Waals surface area contributed by atoms with Crippen molar-refractivity contribution in [2.45, 2.75) is 26.4 Å². The number of benzene rings is 2. The predicted molar refractivity (Wildman–Crippen MR) is 101 cm³/mol. The fourth-order valence-corrected chi connectivity index (χ4v) is 3.91. The molecule has 0 aromatic heterocycles. The summed E-state index contributed by atoms with van der Waals surface area (Å²) in [6.45, 7) is 4.04. The molecule has 2 aromatic carbocycles. The summed E-state index contributed by atoms with van der Waals surface area (Å²) in [6, 6.07) is 15.8. The first-order valence-electron chi connectivity index (χ1n) is 8.05. The minimum absolute atomic E-state index is 0.255. The molecule has 1 atom stereocenters. The lowest BCUT2D eigenvalue weighted by Crippen LogP contribution is -2.48. The second-order valence-corrected chi connectivity index (χ2v) is 8.11. The van der Waals surface area contributed by atoms with Crippen LogP contribution in [0.25, 0.3) is 0 Å². The van der Waals surface area contributed by atoms with Crippen LogP contribution in [0.1, 0.15) is 18.1 Å². The maximum absolute atomic E-state index is 12.8. The van der Waals surface area contributed by atoms with Crippen LogP contribution in [0.3, 0.4) is 0 Å². The maximum Gasteiger partial charge on any atom is 0.246 e. The molecule has 5 nitrogen and oxygen atoms in total. The van der Waals surface area contributed by atoms with E-state index in [1.165, 1.54) is 4.31 Å². The van der Waals surface area contributed by atoms with Crippen molar-refractivity contribution in [3.63, 3.8) is 0 Å². The molecule has 0 aliphatic rings. The summed E-state index contributed by atoms with van der Waals surface area (Å²) in [4.78, 5) is 14.3. The molecule has 6 heteroatoms. The van der Waals surface area contributed by atoms with Gasteiger partial charge < -0.3 is 4.90 Å². The van der Waals surface area contributed by atoms with Crippen LogP contribution in [-0.2, 0) is 21.4 Å². The van der Waals surface area contributed by atoms with Crippen LogP contribution in [0.2, 0.25) is 0 Å². The van der Waals surface area contributed by atoms with E-state index in [1.807, 2.05) is 31.2 Å². The van der Waals surface area contributed by atoms with Crippen molar-refractivity contribution in [2.24, 2.45) is 0 Å². The molecule has 0 unspecified atom stereocenters. The number of sulfonamides is 1. The Labute approximate surface area is 149 Å². The molecular weight excluding hydrogens is 336 g/mol. The normalized spacial score (nSPS) is 12.5. The van der Waals surface area contributed by atoms with E-state index >= 15 is 0 Å². The number of amides is 1. The average molecular weight is 360 g/mol. The van der Waals surface area contributed by atoms with Gasteiger partial charge in [0.05, 0.1) is 11.9 Å². The zero-order valence-electron chi connectivity index (χ0n) is 15.0. The van der Waals surface area contributed by atoms with Gasteiger partial charge in [-0.1, -0.05) is 48.0 Å². The quantitative estimate of drug-likeness (QED) is 0.796. The topological polar surface area (TPSA) is 57.7 Å². The average Bonchev–Trinajstić information content (AvgIpc) is 2.56. The molecule has 0 radical (unpaired) electrons. The van der Waals surface area contributed by atoms with Gasteiger partial charge in [-0.2, -0.15) is 0 Å². The van der Waals surface area contributed by atoms with Crippen molar-refractivity contribution in [3.8, 4) is 0 Å². The molecule has 0 spiro atoms.